The zero-order valence-electron chi connectivity index (χ0n) is 18.5. The number of hydrogen-bond acceptors (Lipinski definition) is 5. The molecule has 3 aromatic rings. The number of pyridine rings is 2. The van der Waals surface area contributed by atoms with Crippen molar-refractivity contribution in [3.05, 3.63) is 104 Å². The van der Waals surface area contributed by atoms with E-state index in [1.807, 2.05) is 23.1 Å². The summed E-state index contributed by atoms with van der Waals surface area (Å²) in [5, 5.41) is 11.8. The van der Waals surface area contributed by atoms with Crippen LogP contribution in [0, 0.1) is 10.1 Å². The lowest BCUT2D eigenvalue weighted by molar-refractivity contribution is -0.384. The molecule has 34 heavy (non-hydrogen) atoms. The topological polar surface area (TPSA) is 89.2 Å². The number of rotatable bonds is 3. The molecule has 0 spiro atoms. The molecule has 7 nitrogen and oxygen atoms in total. The first-order valence-electron chi connectivity index (χ1n) is 11.3. The number of carbonyl (C=O) groups excluding carboxylic acids is 1. The molecule has 1 aliphatic heterocycles. The minimum Gasteiger partial charge on any atom is -0.342 e. The van der Waals surface area contributed by atoms with Crippen LogP contribution in [-0.4, -0.2) is 38.8 Å². The fraction of sp³-hybridized carbons (Fsp3) is 0.269. The molecule has 172 valence electrons. The molecule has 0 unspecified atom stereocenters. The van der Waals surface area contributed by atoms with Crippen molar-refractivity contribution >= 4 is 28.8 Å². The third-order valence-corrected chi connectivity index (χ3v) is 6.91. The minimum atomic E-state index is -0.435. The number of halogens is 1. The number of aromatic nitrogens is 2. The summed E-state index contributed by atoms with van der Waals surface area (Å²) in [5.41, 5.74) is 6.82. The van der Waals surface area contributed by atoms with E-state index in [0.717, 1.165) is 46.4 Å². The highest BCUT2D eigenvalue weighted by Crippen LogP contribution is 2.41. The summed E-state index contributed by atoms with van der Waals surface area (Å²) < 4.78 is 0. The summed E-state index contributed by atoms with van der Waals surface area (Å²) in [7, 11) is 0. The predicted molar refractivity (Wildman–Crippen MR) is 130 cm³/mol. The van der Waals surface area contributed by atoms with Gasteiger partial charge in [0, 0.05) is 43.3 Å². The molecule has 2 aliphatic rings. The maximum atomic E-state index is 12.8. The Hall–Kier alpha value is -3.58. The molecule has 0 bridgehead atoms. The molecule has 2 aromatic heterocycles. The number of amides is 1. The molecule has 0 saturated carbocycles. The van der Waals surface area contributed by atoms with Crippen LogP contribution in [0.25, 0.3) is 5.57 Å². The molecule has 1 aromatic carbocycles. The second-order valence-corrected chi connectivity index (χ2v) is 9.03. The van der Waals surface area contributed by atoms with Crippen molar-refractivity contribution in [1.82, 2.24) is 14.9 Å². The standard InChI is InChI=1S/C26H23ClN4O3/c27-22-15-20-4-3-19-2-1-9-29-26(19)25(21(20)16-23(22)31(33)34)18-7-12-30(13-8-18)24(32)14-17-5-10-28-11-6-17/h1-2,5-6,9-11,15-16H,3-4,7-8,12-14H2. The van der Waals surface area contributed by atoms with Gasteiger partial charge >= 0.3 is 0 Å². The van der Waals surface area contributed by atoms with Crippen LogP contribution >= 0.6 is 11.6 Å². The Bertz CT molecular complexity index is 1300. The fourth-order valence-electron chi connectivity index (χ4n) is 4.87. The first kappa shape index (κ1) is 22.2. The highest BCUT2D eigenvalue weighted by molar-refractivity contribution is 6.32. The highest BCUT2D eigenvalue weighted by Gasteiger charge is 2.28. The number of likely N-dealkylation sites (tertiary alicyclic amines) is 1. The molecule has 0 N–H and O–H groups in total. The lowest BCUT2D eigenvalue weighted by Crippen LogP contribution is -2.37. The average molecular weight is 475 g/mol. The molecular formula is C26H23ClN4O3. The normalized spacial score (nSPS) is 15.4. The average Bonchev–Trinajstić information content (AvgIpc) is 3.00. The highest BCUT2D eigenvalue weighted by atomic mass is 35.5. The van der Waals surface area contributed by atoms with Crippen molar-refractivity contribution in [2.45, 2.75) is 32.1 Å². The van der Waals surface area contributed by atoms with Crippen molar-refractivity contribution in [1.29, 1.82) is 0 Å². The summed E-state index contributed by atoms with van der Waals surface area (Å²) in [6.07, 6.45) is 8.43. The number of nitro benzene ring substituents is 1. The first-order valence-corrected chi connectivity index (χ1v) is 11.7. The van der Waals surface area contributed by atoms with E-state index in [0.29, 0.717) is 32.4 Å². The van der Waals surface area contributed by atoms with Gasteiger partial charge in [-0.15, -0.1) is 0 Å². The molecule has 1 saturated heterocycles. The second-order valence-electron chi connectivity index (χ2n) is 8.62. The maximum absolute atomic E-state index is 12.8. The third kappa shape index (κ3) is 4.31. The Morgan fingerprint density at radius 3 is 2.50 bits per heavy atom. The van der Waals surface area contributed by atoms with E-state index in [1.165, 1.54) is 5.57 Å². The molecule has 5 rings (SSSR count). The zero-order chi connectivity index (χ0) is 23.7. The van der Waals surface area contributed by atoms with Gasteiger partial charge in [0.1, 0.15) is 5.02 Å². The van der Waals surface area contributed by atoms with Crippen molar-refractivity contribution in [2.24, 2.45) is 0 Å². The van der Waals surface area contributed by atoms with Gasteiger partial charge in [-0.2, -0.15) is 0 Å². The van der Waals surface area contributed by atoms with Gasteiger partial charge in [0.05, 0.1) is 17.0 Å². The van der Waals surface area contributed by atoms with Gasteiger partial charge in [0.2, 0.25) is 5.91 Å². The molecule has 1 fully saturated rings. The Labute approximate surface area is 202 Å². The number of fused-ring (bicyclic) bond motifs is 2. The van der Waals surface area contributed by atoms with E-state index < -0.39 is 4.92 Å². The Balaban J connectivity index is 1.50. The zero-order valence-corrected chi connectivity index (χ0v) is 19.3. The van der Waals surface area contributed by atoms with Gasteiger partial charge in [-0.05, 0) is 72.2 Å². The van der Waals surface area contributed by atoms with Gasteiger partial charge in [0.15, 0.2) is 0 Å². The molecule has 0 radical (unpaired) electrons. The second kappa shape index (κ2) is 9.35. The van der Waals surface area contributed by atoms with Crippen LogP contribution in [0.1, 0.15) is 40.8 Å². The summed E-state index contributed by atoms with van der Waals surface area (Å²) in [6.45, 7) is 1.21. The Morgan fingerprint density at radius 1 is 1.03 bits per heavy atom. The van der Waals surface area contributed by atoms with Crippen LogP contribution in [0.3, 0.4) is 0 Å². The van der Waals surface area contributed by atoms with Gasteiger partial charge < -0.3 is 4.90 Å². The number of aryl methyl sites for hydroxylation is 2. The van der Waals surface area contributed by atoms with Gasteiger partial charge in [-0.25, -0.2) is 0 Å². The SMILES string of the molecule is O=C(Cc1ccncc1)N1CCC(=C2c3cc([N+](=O)[O-])c(Cl)cc3CCc3cccnc32)CC1. The van der Waals surface area contributed by atoms with E-state index >= 15 is 0 Å². The maximum Gasteiger partial charge on any atom is 0.288 e. The van der Waals surface area contributed by atoms with Crippen LogP contribution < -0.4 is 0 Å². The molecule has 8 heteroatoms. The van der Waals surface area contributed by atoms with Crippen molar-refractivity contribution in [3.8, 4) is 0 Å². The van der Waals surface area contributed by atoms with Crippen molar-refractivity contribution in [3.63, 3.8) is 0 Å². The van der Waals surface area contributed by atoms with E-state index in [9.17, 15) is 14.9 Å². The number of hydrogen-bond donors (Lipinski definition) is 0. The van der Waals surface area contributed by atoms with Crippen molar-refractivity contribution < 1.29 is 9.72 Å². The summed E-state index contributed by atoms with van der Waals surface area (Å²) >= 11 is 6.25. The molecule has 1 aliphatic carbocycles. The number of benzene rings is 1. The molecule has 1 amide bonds. The van der Waals surface area contributed by atoms with Crippen LogP contribution in [0.15, 0.2) is 60.6 Å². The Kier molecular flexibility index (Phi) is 6.11. The smallest absolute Gasteiger partial charge is 0.288 e. The third-order valence-electron chi connectivity index (χ3n) is 6.61. The lowest BCUT2D eigenvalue weighted by Gasteiger charge is -2.30. The van der Waals surface area contributed by atoms with Crippen LogP contribution in [0.2, 0.25) is 5.02 Å². The predicted octanol–water partition coefficient (Wildman–Crippen LogP) is 4.80. The first-order chi connectivity index (χ1) is 16.5. The molecule has 3 heterocycles. The molecular weight excluding hydrogens is 452 g/mol. The fourth-order valence-corrected chi connectivity index (χ4v) is 5.12. The number of nitro groups is 1. The summed E-state index contributed by atoms with van der Waals surface area (Å²) in [5.74, 6) is 0.0949. The summed E-state index contributed by atoms with van der Waals surface area (Å²) in [4.78, 5) is 34.6. The summed E-state index contributed by atoms with van der Waals surface area (Å²) in [6, 6.07) is 11.0. The number of nitrogens with zero attached hydrogens (tertiary/aromatic N) is 4. The van der Waals surface area contributed by atoms with Gasteiger partial charge in [0.25, 0.3) is 5.69 Å². The van der Waals surface area contributed by atoms with E-state index in [1.54, 1.807) is 30.7 Å². The molecule has 0 atom stereocenters. The number of carbonyl (C=O) groups is 1. The minimum absolute atomic E-state index is 0.0946. The van der Waals surface area contributed by atoms with E-state index in [2.05, 4.69) is 11.1 Å². The van der Waals surface area contributed by atoms with Gasteiger partial charge in [-0.3, -0.25) is 24.9 Å². The van der Waals surface area contributed by atoms with E-state index in [-0.39, 0.29) is 16.6 Å². The van der Waals surface area contributed by atoms with Crippen molar-refractivity contribution in [2.75, 3.05) is 13.1 Å². The lowest BCUT2D eigenvalue weighted by atomic mass is 9.88. The van der Waals surface area contributed by atoms with Crippen LogP contribution in [0.5, 0.6) is 0 Å². The van der Waals surface area contributed by atoms with Crippen LogP contribution in [0.4, 0.5) is 5.69 Å². The monoisotopic (exact) mass is 474 g/mol. The number of piperidine rings is 1. The van der Waals surface area contributed by atoms with Gasteiger partial charge in [-0.1, -0.05) is 23.2 Å². The van der Waals surface area contributed by atoms with Crippen LogP contribution in [-0.2, 0) is 24.1 Å². The Morgan fingerprint density at radius 2 is 1.76 bits per heavy atom. The largest absolute Gasteiger partial charge is 0.342 e. The van der Waals surface area contributed by atoms with E-state index in [4.69, 9.17) is 16.6 Å². The quantitative estimate of drug-likeness (QED) is 0.401.